The molecule has 1 saturated carbocycles. The van der Waals surface area contributed by atoms with Gasteiger partial charge in [-0.15, -0.1) is 0 Å². The highest BCUT2D eigenvalue weighted by Crippen LogP contribution is 2.58. The third-order valence-electron chi connectivity index (χ3n) is 14.1. The number of phenols is 1. The van der Waals surface area contributed by atoms with E-state index < -0.39 is 17.3 Å². The molecule has 282 valence electrons. The number of unbranched alkanes of at least 4 members (excludes halogenated alkanes) is 3. The highest BCUT2D eigenvalue weighted by molar-refractivity contribution is 5.76. The average Bonchev–Trinajstić information content (AvgIpc) is 3.63. The lowest BCUT2D eigenvalue weighted by Gasteiger charge is -2.54. The summed E-state index contributed by atoms with van der Waals surface area (Å²) < 4.78 is 0. The lowest BCUT2D eigenvalue weighted by Crippen LogP contribution is -2.53. The summed E-state index contributed by atoms with van der Waals surface area (Å²) in [5.41, 5.74) is 11.9. The quantitative estimate of drug-likeness (QED) is 0.136. The molecular formula is C50H59NO3. The van der Waals surface area contributed by atoms with Crippen LogP contribution in [0.1, 0.15) is 112 Å². The standard InChI is InChI=1S/C50H59NO3/c51-26-25-35-16-15-34(27-35)9-3-1-2-4-10-37-11-7-8-14-47(49(53)54)50-33-43-31-41-13-6-5-12-40(41)30-42(43)32-44(50)22-19-39-18-17-36(29-48(39)50)28-46(37)38-20-23-45(52)24-21-38/h5-8,12-13,17-24,27,29-31,34,37,42-44,46-47,52H,1-4,9-11,14-16,25-26,28,32-33,51H2,(H,53,54). The second-order valence-electron chi connectivity index (χ2n) is 17.3. The van der Waals surface area contributed by atoms with E-state index >= 15 is 0 Å². The molecule has 4 N–H and O–H groups in total. The Bertz CT molecular complexity index is 2020. The Labute approximate surface area is 322 Å². The summed E-state index contributed by atoms with van der Waals surface area (Å²) in [6.07, 6.45) is 31.8. The molecule has 4 heteroatoms. The molecule has 5 aliphatic rings. The number of hydrogen-bond donors (Lipinski definition) is 3. The number of aliphatic carboxylic acids is 1. The molecule has 0 heterocycles. The topological polar surface area (TPSA) is 83.6 Å². The fourth-order valence-electron chi connectivity index (χ4n) is 11.4. The minimum absolute atomic E-state index is 0.159. The van der Waals surface area contributed by atoms with Crippen molar-refractivity contribution < 1.29 is 15.0 Å². The van der Waals surface area contributed by atoms with E-state index in [4.69, 9.17) is 5.73 Å². The Morgan fingerprint density at radius 2 is 1.61 bits per heavy atom. The van der Waals surface area contributed by atoms with Crippen LogP contribution in [0.3, 0.4) is 0 Å². The normalized spacial score (nSPS) is 29.6. The van der Waals surface area contributed by atoms with E-state index in [1.54, 1.807) is 5.57 Å². The minimum Gasteiger partial charge on any atom is -0.508 e. The molecule has 8 unspecified atom stereocenters. The molecule has 0 saturated heterocycles. The summed E-state index contributed by atoms with van der Waals surface area (Å²) in [6.45, 7) is 0.764. The molecule has 3 aromatic rings. The highest BCUT2D eigenvalue weighted by atomic mass is 16.4. The maximum atomic E-state index is 13.6. The fraction of sp³-hybridized carbons (Fsp3) is 0.460. The zero-order chi connectivity index (χ0) is 37.1. The van der Waals surface area contributed by atoms with Crippen molar-refractivity contribution in [2.75, 3.05) is 6.54 Å². The number of allylic oxidation sites excluding steroid dienone is 4. The van der Waals surface area contributed by atoms with Crippen molar-refractivity contribution in [3.8, 4) is 5.75 Å². The molecule has 0 aliphatic heterocycles. The molecule has 5 aliphatic carbocycles. The van der Waals surface area contributed by atoms with Crippen molar-refractivity contribution in [3.63, 3.8) is 0 Å². The Hall–Kier alpha value is -4.15. The number of rotatable bonds is 11. The molecule has 4 nitrogen and oxygen atoms in total. The van der Waals surface area contributed by atoms with Gasteiger partial charge in [0, 0.05) is 5.41 Å². The van der Waals surface area contributed by atoms with Crippen LogP contribution in [-0.4, -0.2) is 22.7 Å². The van der Waals surface area contributed by atoms with Crippen LogP contribution in [0.25, 0.3) is 18.2 Å². The Balaban J connectivity index is 1.08. The zero-order valence-corrected chi connectivity index (χ0v) is 31.9. The predicted molar refractivity (Wildman–Crippen MR) is 221 cm³/mol. The molecule has 0 amide bonds. The van der Waals surface area contributed by atoms with Crippen molar-refractivity contribution in [1.29, 1.82) is 0 Å². The van der Waals surface area contributed by atoms with Gasteiger partial charge in [-0.1, -0.05) is 128 Å². The van der Waals surface area contributed by atoms with Crippen LogP contribution in [0.4, 0.5) is 0 Å². The van der Waals surface area contributed by atoms with Gasteiger partial charge in [0.1, 0.15) is 5.75 Å². The molecule has 8 atom stereocenters. The molecule has 1 spiro atoms. The third-order valence-corrected chi connectivity index (χ3v) is 14.1. The van der Waals surface area contributed by atoms with Gasteiger partial charge >= 0.3 is 5.97 Å². The van der Waals surface area contributed by atoms with Gasteiger partial charge in [0.05, 0.1) is 5.92 Å². The van der Waals surface area contributed by atoms with Crippen molar-refractivity contribution in [2.24, 2.45) is 41.2 Å². The summed E-state index contributed by atoms with van der Waals surface area (Å²) in [5, 5.41) is 24.0. The number of carboxylic acid groups (broad SMARTS) is 1. The first-order chi connectivity index (χ1) is 26.4. The van der Waals surface area contributed by atoms with Gasteiger partial charge in [0.15, 0.2) is 0 Å². The first-order valence-corrected chi connectivity index (χ1v) is 21.1. The van der Waals surface area contributed by atoms with Crippen LogP contribution in [0, 0.1) is 35.5 Å². The van der Waals surface area contributed by atoms with Gasteiger partial charge in [0.2, 0.25) is 0 Å². The number of hydrogen-bond acceptors (Lipinski definition) is 3. The Kier molecular flexibility index (Phi) is 11.1. The van der Waals surface area contributed by atoms with E-state index in [9.17, 15) is 15.0 Å². The number of carbonyl (C=O) groups is 1. The monoisotopic (exact) mass is 721 g/mol. The first-order valence-electron chi connectivity index (χ1n) is 21.1. The molecule has 0 aromatic heterocycles. The van der Waals surface area contributed by atoms with E-state index in [-0.39, 0.29) is 5.92 Å². The average molecular weight is 722 g/mol. The van der Waals surface area contributed by atoms with Crippen LogP contribution >= 0.6 is 0 Å². The van der Waals surface area contributed by atoms with Gasteiger partial charge in [-0.2, -0.15) is 0 Å². The van der Waals surface area contributed by atoms with Crippen molar-refractivity contribution in [2.45, 2.75) is 101 Å². The predicted octanol–water partition coefficient (Wildman–Crippen LogP) is 9.59. The van der Waals surface area contributed by atoms with Crippen molar-refractivity contribution in [1.82, 2.24) is 0 Å². The van der Waals surface area contributed by atoms with E-state index in [0.29, 0.717) is 35.8 Å². The summed E-state index contributed by atoms with van der Waals surface area (Å²) >= 11 is 0. The first kappa shape index (κ1) is 36.8. The largest absolute Gasteiger partial charge is 0.508 e. The molecule has 0 radical (unpaired) electrons. The maximum absolute atomic E-state index is 13.6. The number of carboxylic acids is 1. The van der Waals surface area contributed by atoms with Crippen LogP contribution in [0.2, 0.25) is 0 Å². The number of benzene rings is 3. The molecule has 1 fully saturated rings. The molecule has 54 heavy (non-hydrogen) atoms. The van der Waals surface area contributed by atoms with Gasteiger partial charge in [0.25, 0.3) is 0 Å². The zero-order valence-electron chi connectivity index (χ0n) is 31.9. The summed E-state index contributed by atoms with van der Waals surface area (Å²) in [7, 11) is 0. The van der Waals surface area contributed by atoms with Gasteiger partial charge in [-0.25, -0.2) is 0 Å². The second-order valence-corrected chi connectivity index (χ2v) is 17.3. The fourth-order valence-corrected chi connectivity index (χ4v) is 11.4. The van der Waals surface area contributed by atoms with Crippen LogP contribution in [-0.2, 0) is 16.6 Å². The smallest absolute Gasteiger partial charge is 0.307 e. The van der Waals surface area contributed by atoms with Crippen LogP contribution in [0.15, 0.2) is 96.6 Å². The molecule has 3 aromatic carbocycles. The van der Waals surface area contributed by atoms with Gasteiger partial charge in [-0.3, -0.25) is 4.79 Å². The lowest BCUT2D eigenvalue weighted by molar-refractivity contribution is -0.146. The maximum Gasteiger partial charge on any atom is 0.307 e. The summed E-state index contributed by atoms with van der Waals surface area (Å²) in [4.78, 5) is 13.6. The lowest BCUT2D eigenvalue weighted by atomic mass is 9.49. The Morgan fingerprint density at radius 3 is 2.39 bits per heavy atom. The molecular weight excluding hydrogens is 663 g/mol. The second kappa shape index (κ2) is 16.3. The highest BCUT2D eigenvalue weighted by Gasteiger charge is 2.55. The third kappa shape index (κ3) is 7.56. The van der Waals surface area contributed by atoms with Crippen LogP contribution < -0.4 is 16.2 Å². The minimum atomic E-state index is -0.672. The van der Waals surface area contributed by atoms with E-state index in [1.807, 2.05) is 12.1 Å². The number of nitrogens with two attached hydrogens (primary N) is 1. The van der Waals surface area contributed by atoms with E-state index in [1.165, 1.54) is 77.6 Å². The van der Waals surface area contributed by atoms with Crippen molar-refractivity contribution in [3.05, 3.63) is 129 Å². The number of aromatic hydroxyl groups is 1. The van der Waals surface area contributed by atoms with Gasteiger partial charge < -0.3 is 15.9 Å². The van der Waals surface area contributed by atoms with Crippen LogP contribution in [0.5, 0.6) is 5.75 Å². The molecule has 2 bridgehead atoms. The van der Waals surface area contributed by atoms with E-state index in [0.717, 1.165) is 51.0 Å². The summed E-state index contributed by atoms with van der Waals surface area (Å²) in [6, 6.07) is 23.6. The number of fused-ring (bicyclic) bond motifs is 3. The summed E-state index contributed by atoms with van der Waals surface area (Å²) in [5.74, 6) is 1.46. The SMILES string of the molecule is NCCC1=CC(CCCCCCC2CC=CCC(C(=O)O)C34CC5C=c6ccccc6=CC5CC3C=Cc3ccc(cc34)CC2c2ccc(O)cc2)CC1. The van der Waals surface area contributed by atoms with Crippen molar-refractivity contribution >= 4 is 24.2 Å². The Morgan fingerprint density at radius 1 is 0.852 bits per heavy atom. The van der Waals surface area contributed by atoms with E-state index in [2.05, 4.69) is 97.1 Å². The number of phenolic OH excluding ortho intramolecular Hbond substituents is 1. The van der Waals surface area contributed by atoms with Gasteiger partial charge in [-0.05, 0) is 151 Å². The molecule has 8 rings (SSSR count).